The van der Waals surface area contributed by atoms with Crippen molar-refractivity contribution in [2.24, 2.45) is 0 Å². The molecule has 96 valence electrons. The lowest BCUT2D eigenvalue weighted by molar-refractivity contribution is 0.301. The number of nitrogens with zero attached hydrogens (tertiary/aromatic N) is 1. The molecule has 1 saturated heterocycles. The molecule has 1 heterocycles. The van der Waals surface area contributed by atoms with E-state index in [-0.39, 0.29) is 5.75 Å². The van der Waals surface area contributed by atoms with Crippen LogP contribution in [0.4, 0.5) is 0 Å². The molecule has 1 unspecified atom stereocenters. The van der Waals surface area contributed by atoms with Gasteiger partial charge in [-0.1, -0.05) is 6.92 Å². The first-order valence-corrected chi connectivity index (χ1v) is 7.98. The Kier molecular flexibility index (Phi) is 5.72. The summed E-state index contributed by atoms with van der Waals surface area (Å²) < 4.78 is 22.6. The van der Waals surface area contributed by atoms with Crippen LogP contribution in [-0.2, 0) is 9.84 Å². The second-order valence-corrected chi connectivity index (χ2v) is 7.12. The van der Waals surface area contributed by atoms with Crippen LogP contribution >= 0.6 is 0 Å². The zero-order valence-electron chi connectivity index (χ0n) is 10.4. The molecule has 1 fully saturated rings. The van der Waals surface area contributed by atoms with Gasteiger partial charge in [-0.05, 0) is 39.4 Å². The minimum absolute atomic E-state index is 0.265. The van der Waals surface area contributed by atoms with Gasteiger partial charge in [0.25, 0.3) is 0 Å². The summed E-state index contributed by atoms with van der Waals surface area (Å²) in [6.45, 7) is 4.74. The quantitative estimate of drug-likeness (QED) is 0.712. The van der Waals surface area contributed by atoms with Crippen LogP contribution in [0, 0.1) is 0 Å². The Morgan fingerprint density at radius 3 is 2.75 bits per heavy atom. The van der Waals surface area contributed by atoms with Gasteiger partial charge in [0.2, 0.25) is 0 Å². The SMILES string of the molecule is CCS(=O)(=O)CCCN(C)CC1CCCN1. The van der Waals surface area contributed by atoms with Crippen LogP contribution in [0.15, 0.2) is 0 Å². The molecule has 5 heteroatoms. The maximum Gasteiger partial charge on any atom is 0.150 e. The van der Waals surface area contributed by atoms with Gasteiger partial charge >= 0.3 is 0 Å². The Hall–Kier alpha value is -0.130. The Labute approximate surface area is 99.3 Å². The molecule has 1 atom stereocenters. The lowest BCUT2D eigenvalue weighted by Crippen LogP contribution is -2.36. The fraction of sp³-hybridized carbons (Fsp3) is 1.00. The van der Waals surface area contributed by atoms with Crippen LogP contribution in [0.5, 0.6) is 0 Å². The Morgan fingerprint density at radius 2 is 2.19 bits per heavy atom. The zero-order chi connectivity index (χ0) is 12.0. The maximum absolute atomic E-state index is 11.3. The van der Waals surface area contributed by atoms with Crippen molar-refractivity contribution in [2.45, 2.75) is 32.2 Å². The third-order valence-corrected chi connectivity index (χ3v) is 4.92. The van der Waals surface area contributed by atoms with E-state index in [1.807, 2.05) is 0 Å². The molecular weight excluding hydrogens is 224 g/mol. The van der Waals surface area contributed by atoms with E-state index in [1.165, 1.54) is 12.8 Å². The van der Waals surface area contributed by atoms with Crippen LogP contribution in [0.2, 0.25) is 0 Å². The van der Waals surface area contributed by atoms with Gasteiger partial charge in [-0.25, -0.2) is 8.42 Å². The van der Waals surface area contributed by atoms with E-state index in [1.54, 1.807) is 6.92 Å². The lowest BCUT2D eigenvalue weighted by Gasteiger charge is -2.20. The molecule has 0 bridgehead atoms. The summed E-state index contributed by atoms with van der Waals surface area (Å²) in [6, 6.07) is 0.604. The molecule has 1 rings (SSSR count). The van der Waals surface area contributed by atoms with Crippen molar-refractivity contribution in [1.29, 1.82) is 0 Å². The van der Waals surface area contributed by atoms with E-state index in [2.05, 4.69) is 17.3 Å². The molecule has 16 heavy (non-hydrogen) atoms. The third-order valence-electron chi connectivity index (χ3n) is 3.13. The number of sulfone groups is 1. The van der Waals surface area contributed by atoms with Gasteiger partial charge in [0, 0.05) is 18.3 Å². The number of likely N-dealkylation sites (N-methyl/N-ethyl adjacent to an activating group) is 1. The first-order valence-electron chi connectivity index (χ1n) is 6.16. The number of hydrogen-bond donors (Lipinski definition) is 1. The summed E-state index contributed by atoms with van der Waals surface area (Å²) in [5.41, 5.74) is 0. The molecule has 4 nitrogen and oxygen atoms in total. The second kappa shape index (κ2) is 6.57. The first kappa shape index (κ1) is 13.9. The average Bonchev–Trinajstić information content (AvgIpc) is 2.70. The van der Waals surface area contributed by atoms with Crippen molar-refractivity contribution < 1.29 is 8.42 Å². The van der Waals surface area contributed by atoms with Crippen molar-refractivity contribution in [3.05, 3.63) is 0 Å². The molecular formula is C11H24N2O2S. The summed E-state index contributed by atoms with van der Waals surface area (Å²) in [5.74, 6) is 0.590. The highest BCUT2D eigenvalue weighted by Crippen LogP contribution is 2.06. The molecule has 0 aromatic rings. The van der Waals surface area contributed by atoms with Crippen molar-refractivity contribution >= 4 is 9.84 Å². The van der Waals surface area contributed by atoms with Crippen molar-refractivity contribution in [3.63, 3.8) is 0 Å². The van der Waals surface area contributed by atoms with Crippen LogP contribution in [0.3, 0.4) is 0 Å². The monoisotopic (exact) mass is 248 g/mol. The average molecular weight is 248 g/mol. The van der Waals surface area contributed by atoms with Gasteiger partial charge in [0.1, 0.15) is 9.84 Å². The van der Waals surface area contributed by atoms with E-state index in [4.69, 9.17) is 0 Å². The summed E-state index contributed by atoms with van der Waals surface area (Å²) in [5, 5.41) is 3.45. The van der Waals surface area contributed by atoms with Gasteiger partial charge in [0.15, 0.2) is 0 Å². The Bertz CT molecular complexity index is 284. The third kappa shape index (κ3) is 5.27. The smallest absolute Gasteiger partial charge is 0.150 e. The Morgan fingerprint density at radius 1 is 1.44 bits per heavy atom. The van der Waals surface area contributed by atoms with Gasteiger partial charge < -0.3 is 10.2 Å². The van der Waals surface area contributed by atoms with Crippen molar-refractivity contribution in [3.8, 4) is 0 Å². The Balaban J connectivity index is 2.12. The predicted molar refractivity (Wildman–Crippen MR) is 67.5 cm³/mol. The minimum atomic E-state index is -2.78. The largest absolute Gasteiger partial charge is 0.313 e. The fourth-order valence-corrected chi connectivity index (χ4v) is 2.94. The van der Waals surface area contributed by atoms with E-state index in [0.717, 1.165) is 26.1 Å². The van der Waals surface area contributed by atoms with Crippen molar-refractivity contribution in [2.75, 3.05) is 38.2 Å². The van der Waals surface area contributed by atoms with E-state index < -0.39 is 9.84 Å². The number of hydrogen-bond acceptors (Lipinski definition) is 4. The van der Waals surface area contributed by atoms with E-state index in [0.29, 0.717) is 11.8 Å². The summed E-state index contributed by atoms with van der Waals surface area (Å²) in [6.07, 6.45) is 3.26. The van der Waals surface area contributed by atoms with Gasteiger partial charge in [-0.15, -0.1) is 0 Å². The standard InChI is InChI=1S/C11H24N2O2S/c1-3-16(14,15)9-5-8-13(2)10-11-6-4-7-12-11/h11-12H,3-10H2,1-2H3. The highest BCUT2D eigenvalue weighted by atomic mass is 32.2. The van der Waals surface area contributed by atoms with Crippen LogP contribution in [0.25, 0.3) is 0 Å². The lowest BCUT2D eigenvalue weighted by atomic mass is 10.2. The van der Waals surface area contributed by atoms with E-state index >= 15 is 0 Å². The summed E-state index contributed by atoms with van der Waals surface area (Å²) in [4.78, 5) is 2.23. The molecule has 0 aliphatic carbocycles. The van der Waals surface area contributed by atoms with Crippen LogP contribution < -0.4 is 5.32 Å². The fourth-order valence-electron chi connectivity index (χ4n) is 2.08. The molecule has 1 aliphatic heterocycles. The zero-order valence-corrected chi connectivity index (χ0v) is 11.2. The predicted octanol–water partition coefficient (Wildman–Crippen LogP) is 0.495. The maximum atomic E-state index is 11.3. The first-order chi connectivity index (χ1) is 7.53. The van der Waals surface area contributed by atoms with Crippen LogP contribution in [0.1, 0.15) is 26.2 Å². The number of nitrogens with one attached hydrogen (secondary N) is 1. The second-order valence-electron chi connectivity index (χ2n) is 4.65. The minimum Gasteiger partial charge on any atom is -0.313 e. The van der Waals surface area contributed by atoms with Gasteiger partial charge in [-0.3, -0.25) is 0 Å². The normalized spacial score (nSPS) is 21.8. The topological polar surface area (TPSA) is 49.4 Å². The molecule has 0 aromatic heterocycles. The molecule has 0 saturated carbocycles. The molecule has 0 aromatic carbocycles. The highest BCUT2D eigenvalue weighted by molar-refractivity contribution is 7.91. The number of rotatable bonds is 7. The van der Waals surface area contributed by atoms with Crippen LogP contribution in [-0.4, -0.2) is 57.5 Å². The van der Waals surface area contributed by atoms with Crippen molar-refractivity contribution in [1.82, 2.24) is 10.2 Å². The molecule has 0 spiro atoms. The summed E-state index contributed by atoms with van der Waals surface area (Å²) in [7, 11) is -0.717. The van der Waals surface area contributed by atoms with Gasteiger partial charge in [-0.2, -0.15) is 0 Å². The molecule has 0 amide bonds. The van der Waals surface area contributed by atoms with Gasteiger partial charge in [0.05, 0.1) is 5.75 Å². The highest BCUT2D eigenvalue weighted by Gasteiger charge is 2.16. The summed E-state index contributed by atoms with van der Waals surface area (Å²) >= 11 is 0. The molecule has 1 aliphatic rings. The van der Waals surface area contributed by atoms with E-state index in [9.17, 15) is 8.42 Å². The molecule has 1 N–H and O–H groups in total. The molecule has 0 radical (unpaired) electrons.